The highest BCUT2D eigenvalue weighted by atomic mass is 16.6. The van der Waals surface area contributed by atoms with Gasteiger partial charge in [0.25, 0.3) is 0 Å². The summed E-state index contributed by atoms with van der Waals surface area (Å²) in [4.78, 5) is 21.9. The normalized spacial score (nSPS) is 10.0. The predicted molar refractivity (Wildman–Crippen MR) is 69.5 cm³/mol. The Morgan fingerprint density at radius 2 is 2.11 bits per heavy atom. The van der Waals surface area contributed by atoms with E-state index >= 15 is 0 Å². The summed E-state index contributed by atoms with van der Waals surface area (Å²) in [6.45, 7) is 4.32. The van der Waals surface area contributed by atoms with Gasteiger partial charge in [-0.2, -0.15) is 0 Å². The summed E-state index contributed by atoms with van der Waals surface area (Å²) in [5.41, 5.74) is 0.100. The molecule has 0 bridgehead atoms. The molecule has 104 valence electrons. The summed E-state index contributed by atoms with van der Waals surface area (Å²) < 4.78 is 10.2. The van der Waals surface area contributed by atoms with Gasteiger partial charge in [0.2, 0.25) is 0 Å². The van der Waals surface area contributed by atoms with Gasteiger partial charge in [-0.3, -0.25) is 10.1 Å². The van der Waals surface area contributed by atoms with E-state index in [2.05, 4.69) is 0 Å². The van der Waals surface area contributed by atoms with Crippen molar-refractivity contribution in [2.75, 3.05) is 13.2 Å². The highest BCUT2D eigenvalue weighted by Gasteiger charge is 2.18. The molecule has 0 amide bonds. The number of hydrogen-bond donors (Lipinski definition) is 0. The predicted octanol–water partition coefficient (Wildman–Crippen LogP) is 2.95. The Morgan fingerprint density at radius 1 is 1.37 bits per heavy atom. The molecule has 19 heavy (non-hydrogen) atoms. The maximum atomic E-state index is 11.6. The van der Waals surface area contributed by atoms with Crippen LogP contribution in [0.1, 0.15) is 37.0 Å². The van der Waals surface area contributed by atoms with Crippen LogP contribution in [0.4, 0.5) is 5.69 Å². The van der Waals surface area contributed by atoms with Crippen LogP contribution in [0.3, 0.4) is 0 Å². The topological polar surface area (TPSA) is 78.7 Å². The lowest BCUT2D eigenvalue weighted by Gasteiger charge is -2.08. The van der Waals surface area contributed by atoms with Crippen molar-refractivity contribution in [3.8, 4) is 5.75 Å². The molecule has 0 atom stereocenters. The van der Waals surface area contributed by atoms with Crippen LogP contribution >= 0.6 is 0 Å². The Morgan fingerprint density at radius 3 is 2.68 bits per heavy atom. The van der Waals surface area contributed by atoms with Crippen LogP contribution in [0.25, 0.3) is 0 Å². The number of nitro groups is 1. The molecule has 0 fully saturated rings. The molecule has 0 saturated heterocycles. The van der Waals surface area contributed by atoms with Gasteiger partial charge in [0.1, 0.15) is 0 Å². The molecule has 0 aliphatic heterocycles. The number of ether oxygens (including phenoxy) is 2. The second-order valence-corrected chi connectivity index (χ2v) is 3.86. The highest BCUT2D eigenvalue weighted by molar-refractivity contribution is 5.90. The molecule has 0 radical (unpaired) electrons. The first-order chi connectivity index (χ1) is 9.10. The van der Waals surface area contributed by atoms with Crippen LogP contribution in [0.5, 0.6) is 5.75 Å². The third-order valence-electron chi connectivity index (χ3n) is 2.42. The molecule has 0 N–H and O–H groups in total. The van der Waals surface area contributed by atoms with Crippen molar-refractivity contribution in [1.29, 1.82) is 0 Å². The van der Waals surface area contributed by atoms with Crippen LogP contribution in [0.2, 0.25) is 0 Å². The first kappa shape index (κ1) is 14.9. The van der Waals surface area contributed by atoms with Crippen molar-refractivity contribution in [2.45, 2.75) is 26.7 Å². The number of carbonyl (C=O) groups is 1. The SMILES string of the molecule is CCCCOc1cc(C(=O)OCC)ccc1[N+](=O)[O-]. The molecule has 0 aliphatic carbocycles. The van der Waals surface area contributed by atoms with E-state index in [1.165, 1.54) is 18.2 Å². The van der Waals surface area contributed by atoms with Gasteiger partial charge in [0, 0.05) is 12.1 Å². The second kappa shape index (κ2) is 7.35. The molecule has 0 saturated carbocycles. The Bertz CT molecular complexity index is 458. The van der Waals surface area contributed by atoms with Gasteiger partial charge in [0.15, 0.2) is 5.75 Å². The molecule has 0 unspecified atom stereocenters. The number of benzene rings is 1. The highest BCUT2D eigenvalue weighted by Crippen LogP contribution is 2.28. The van der Waals surface area contributed by atoms with Crippen LogP contribution in [-0.2, 0) is 4.74 Å². The fraction of sp³-hybridized carbons (Fsp3) is 0.462. The minimum Gasteiger partial charge on any atom is -0.487 e. The number of esters is 1. The number of unbranched alkanes of at least 4 members (excludes halogenated alkanes) is 1. The summed E-state index contributed by atoms with van der Waals surface area (Å²) in [5.74, 6) is -0.415. The smallest absolute Gasteiger partial charge is 0.338 e. The average molecular weight is 267 g/mol. The number of hydrogen-bond acceptors (Lipinski definition) is 5. The molecule has 0 spiro atoms. The number of nitro benzene ring substituents is 1. The van der Waals surface area contributed by atoms with Crippen molar-refractivity contribution < 1.29 is 19.2 Å². The van der Waals surface area contributed by atoms with Crippen molar-refractivity contribution in [2.24, 2.45) is 0 Å². The molecular weight excluding hydrogens is 250 g/mol. The molecule has 1 aromatic carbocycles. The first-order valence-electron chi connectivity index (χ1n) is 6.18. The largest absolute Gasteiger partial charge is 0.487 e. The maximum Gasteiger partial charge on any atom is 0.338 e. The van der Waals surface area contributed by atoms with Gasteiger partial charge in [0.05, 0.1) is 23.7 Å². The van der Waals surface area contributed by atoms with Crippen molar-refractivity contribution in [3.05, 3.63) is 33.9 Å². The Kier molecular flexibility index (Phi) is 5.78. The number of nitrogens with zero attached hydrogens (tertiary/aromatic N) is 1. The lowest BCUT2D eigenvalue weighted by Crippen LogP contribution is -2.06. The molecular formula is C13H17NO5. The molecule has 0 aliphatic rings. The van der Waals surface area contributed by atoms with Gasteiger partial charge in [-0.05, 0) is 19.4 Å². The maximum absolute atomic E-state index is 11.6. The quantitative estimate of drug-likeness (QED) is 0.328. The zero-order valence-corrected chi connectivity index (χ0v) is 11.0. The molecule has 0 heterocycles. The van der Waals surface area contributed by atoms with E-state index in [1.54, 1.807) is 6.92 Å². The average Bonchev–Trinajstić information content (AvgIpc) is 2.39. The second-order valence-electron chi connectivity index (χ2n) is 3.86. The lowest BCUT2D eigenvalue weighted by atomic mass is 10.2. The first-order valence-corrected chi connectivity index (χ1v) is 6.18. The fourth-order valence-corrected chi connectivity index (χ4v) is 1.45. The van der Waals surface area contributed by atoms with E-state index < -0.39 is 10.9 Å². The van der Waals surface area contributed by atoms with Crippen molar-refractivity contribution >= 4 is 11.7 Å². The van der Waals surface area contributed by atoms with Gasteiger partial charge in [-0.1, -0.05) is 13.3 Å². The minimum absolute atomic E-state index is 0.101. The summed E-state index contributed by atoms with van der Waals surface area (Å²) in [7, 11) is 0. The van der Waals surface area contributed by atoms with E-state index in [0.29, 0.717) is 6.61 Å². The number of rotatable bonds is 7. The fourth-order valence-electron chi connectivity index (χ4n) is 1.45. The van der Waals surface area contributed by atoms with Crippen LogP contribution in [-0.4, -0.2) is 24.1 Å². The van der Waals surface area contributed by atoms with E-state index in [0.717, 1.165) is 12.8 Å². The van der Waals surface area contributed by atoms with Gasteiger partial charge in [-0.15, -0.1) is 0 Å². The van der Waals surface area contributed by atoms with Crippen molar-refractivity contribution in [1.82, 2.24) is 0 Å². The van der Waals surface area contributed by atoms with E-state index in [-0.39, 0.29) is 23.6 Å². The molecule has 6 nitrogen and oxygen atoms in total. The van der Waals surface area contributed by atoms with Crippen LogP contribution in [0.15, 0.2) is 18.2 Å². The summed E-state index contributed by atoms with van der Waals surface area (Å²) in [6.07, 6.45) is 1.71. The molecule has 1 rings (SSSR count). The van der Waals surface area contributed by atoms with Gasteiger partial charge >= 0.3 is 11.7 Å². The monoisotopic (exact) mass is 267 g/mol. The number of carbonyl (C=O) groups excluding carboxylic acids is 1. The zero-order chi connectivity index (χ0) is 14.3. The molecule has 6 heteroatoms. The third kappa shape index (κ3) is 4.24. The zero-order valence-electron chi connectivity index (χ0n) is 11.0. The van der Waals surface area contributed by atoms with Crippen LogP contribution in [0, 0.1) is 10.1 Å². The third-order valence-corrected chi connectivity index (χ3v) is 2.42. The Hall–Kier alpha value is -2.11. The summed E-state index contributed by atoms with van der Waals surface area (Å²) in [5, 5.41) is 10.9. The summed E-state index contributed by atoms with van der Waals surface area (Å²) >= 11 is 0. The lowest BCUT2D eigenvalue weighted by molar-refractivity contribution is -0.385. The van der Waals surface area contributed by atoms with E-state index in [9.17, 15) is 14.9 Å². The van der Waals surface area contributed by atoms with Gasteiger partial charge < -0.3 is 9.47 Å². The minimum atomic E-state index is -0.532. The van der Waals surface area contributed by atoms with Crippen molar-refractivity contribution in [3.63, 3.8) is 0 Å². The molecule has 1 aromatic rings. The van der Waals surface area contributed by atoms with E-state index in [4.69, 9.17) is 9.47 Å². The van der Waals surface area contributed by atoms with Gasteiger partial charge in [-0.25, -0.2) is 4.79 Å². The van der Waals surface area contributed by atoms with Crippen LogP contribution < -0.4 is 4.74 Å². The molecule has 0 aromatic heterocycles. The Balaban J connectivity index is 2.96. The standard InChI is InChI=1S/C13H17NO5/c1-3-5-8-19-12-9-10(13(15)18-4-2)6-7-11(12)14(16)17/h6-7,9H,3-5,8H2,1-2H3. The van der Waals surface area contributed by atoms with E-state index in [1.807, 2.05) is 6.92 Å². The summed E-state index contributed by atoms with van der Waals surface area (Å²) in [6, 6.07) is 3.97. The Labute approximate surface area is 111 Å².